The van der Waals surface area contributed by atoms with Gasteiger partial charge in [0.05, 0.1) is 10.0 Å². The van der Waals surface area contributed by atoms with Gasteiger partial charge in [-0.25, -0.2) is 0 Å². The number of thiophene rings is 1. The SMILES string of the molecule is CCn1c(Cc2cccs2)nnc1SCc1ccc(Cl)c(Cl)c1. The van der Waals surface area contributed by atoms with Gasteiger partial charge in [0, 0.05) is 23.6 Å². The Morgan fingerprint density at radius 3 is 2.74 bits per heavy atom. The molecule has 0 atom stereocenters. The molecule has 7 heteroatoms. The number of benzene rings is 1. The van der Waals surface area contributed by atoms with Crippen molar-refractivity contribution in [2.75, 3.05) is 0 Å². The van der Waals surface area contributed by atoms with Crippen LogP contribution in [0.4, 0.5) is 0 Å². The molecule has 0 saturated heterocycles. The number of halogens is 2. The van der Waals surface area contributed by atoms with Crippen molar-refractivity contribution in [1.82, 2.24) is 14.8 Å². The van der Waals surface area contributed by atoms with Crippen molar-refractivity contribution in [3.05, 3.63) is 62.0 Å². The molecule has 0 bridgehead atoms. The third kappa shape index (κ3) is 4.10. The first kappa shape index (κ1) is 16.8. The standard InChI is InChI=1S/C16H15Cl2N3S2/c1-2-21-15(9-12-4-3-7-22-12)19-20-16(21)23-10-11-5-6-13(17)14(18)8-11/h3-8H,2,9-10H2,1H3. The Balaban J connectivity index is 1.72. The molecule has 0 spiro atoms. The second kappa shape index (κ2) is 7.71. The summed E-state index contributed by atoms with van der Waals surface area (Å²) in [5.74, 6) is 1.79. The fourth-order valence-electron chi connectivity index (χ4n) is 2.22. The molecule has 120 valence electrons. The monoisotopic (exact) mass is 383 g/mol. The van der Waals surface area contributed by atoms with Crippen LogP contribution < -0.4 is 0 Å². The molecular formula is C16H15Cl2N3S2. The molecule has 3 rings (SSSR count). The summed E-state index contributed by atoms with van der Waals surface area (Å²) < 4.78 is 2.17. The Bertz CT molecular complexity index is 785. The molecule has 3 aromatic rings. The Morgan fingerprint density at radius 1 is 1.17 bits per heavy atom. The highest BCUT2D eigenvalue weighted by Gasteiger charge is 2.12. The van der Waals surface area contributed by atoms with Crippen molar-refractivity contribution in [2.24, 2.45) is 0 Å². The van der Waals surface area contributed by atoms with Crippen LogP contribution in [0.1, 0.15) is 23.2 Å². The van der Waals surface area contributed by atoms with Gasteiger partial charge in [0.2, 0.25) is 0 Å². The van der Waals surface area contributed by atoms with Crippen molar-refractivity contribution in [2.45, 2.75) is 30.8 Å². The largest absolute Gasteiger partial charge is 0.306 e. The van der Waals surface area contributed by atoms with Crippen molar-refractivity contribution in [3.63, 3.8) is 0 Å². The molecule has 0 aliphatic carbocycles. The average molecular weight is 384 g/mol. The maximum atomic E-state index is 6.06. The van der Waals surface area contributed by atoms with E-state index in [4.69, 9.17) is 23.2 Å². The molecule has 0 unspecified atom stereocenters. The van der Waals surface area contributed by atoms with Crippen LogP contribution in [0.25, 0.3) is 0 Å². The van der Waals surface area contributed by atoms with Crippen LogP contribution in [0.2, 0.25) is 10.0 Å². The van der Waals surface area contributed by atoms with Gasteiger partial charge in [-0.1, -0.05) is 47.1 Å². The lowest BCUT2D eigenvalue weighted by Gasteiger charge is -2.07. The van der Waals surface area contributed by atoms with E-state index in [1.54, 1.807) is 23.1 Å². The number of nitrogens with zero attached hydrogens (tertiary/aromatic N) is 3. The van der Waals surface area contributed by atoms with E-state index in [1.165, 1.54) is 4.88 Å². The fourth-order valence-corrected chi connectivity index (χ4v) is 4.21. The predicted molar refractivity (Wildman–Crippen MR) is 98.8 cm³/mol. The van der Waals surface area contributed by atoms with Crippen LogP contribution >= 0.6 is 46.3 Å². The van der Waals surface area contributed by atoms with Gasteiger partial charge in [-0.3, -0.25) is 0 Å². The number of hydrogen-bond donors (Lipinski definition) is 0. The van der Waals surface area contributed by atoms with Crippen LogP contribution in [0.5, 0.6) is 0 Å². The highest BCUT2D eigenvalue weighted by molar-refractivity contribution is 7.98. The van der Waals surface area contributed by atoms with Crippen LogP contribution in [-0.2, 0) is 18.7 Å². The molecule has 0 fully saturated rings. The van der Waals surface area contributed by atoms with Gasteiger partial charge in [0.15, 0.2) is 5.16 Å². The summed E-state index contributed by atoms with van der Waals surface area (Å²) in [4.78, 5) is 1.30. The van der Waals surface area contributed by atoms with Crippen LogP contribution in [0.15, 0.2) is 40.9 Å². The number of hydrogen-bond acceptors (Lipinski definition) is 4. The van der Waals surface area contributed by atoms with Crippen LogP contribution in [-0.4, -0.2) is 14.8 Å². The summed E-state index contributed by atoms with van der Waals surface area (Å²) in [5.41, 5.74) is 1.12. The molecule has 0 radical (unpaired) electrons. The van der Waals surface area contributed by atoms with E-state index < -0.39 is 0 Å². The van der Waals surface area contributed by atoms with E-state index >= 15 is 0 Å². The lowest BCUT2D eigenvalue weighted by atomic mass is 10.2. The minimum Gasteiger partial charge on any atom is -0.306 e. The van der Waals surface area contributed by atoms with Crippen molar-refractivity contribution >= 4 is 46.3 Å². The Hall–Kier alpha value is -1.01. The molecule has 2 heterocycles. The molecule has 0 N–H and O–H groups in total. The quantitative estimate of drug-likeness (QED) is 0.522. The second-order valence-electron chi connectivity index (χ2n) is 4.94. The summed E-state index contributed by atoms with van der Waals surface area (Å²) in [6.45, 7) is 2.97. The average Bonchev–Trinajstić information content (AvgIpc) is 3.18. The Kier molecular flexibility index (Phi) is 5.64. The first-order valence-electron chi connectivity index (χ1n) is 7.18. The van der Waals surface area contributed by atoms with Gasteiger partial charge in [0.1, 0.15) is 5.82 Å². The third-order valence-electron chi connectivity index (χ3n) is 3.37. The lowest BCUT2D eigenvalue weighted by Crippen LogP contribution is -2.03. The summed E-state index contributed by atoms with van der Waals surface area (Å²) >= 11 is 15.4. The summed E-state index contributed by atoms with van der Waals surface area (Å²) in [7, 11) is 0. The molecule has 23 heavy (non-hydrogen) atoms. The predicted octanol–water partition coefficient (Wildman–Crippen LogP) is 5.55. The van der Waals surface area contributed by atoms with Gasteiger partial charge in [0.25, 0.3) is 0 Å². The van der Waals surface area contributed by atoms with E-state index in [1.807, 2.05) is 18.2 Å². The fraction of sp³-hybridized carbons (Fsp3) is 0.250. The molecule has 2 aromatic heterocycles. The number of rotatable bonds is 6. The highest BCUT2D eigenvalue weighted by Crippen LogP contribution is 2.27. The third-order valence-corrected chi connectivity index (χ3v) is 6.03. The maximum Gasteiger partial charge on any atom is 0.191 e. The van der Waals surface area contributed by atoms with Gasteiger partial charge >= 0.3 is 0 Å². The molecule has 0 aliphatic rings. The van der Waals surface area contributed by atoms with E-state index in [0.717, 1.165) is 35.3 Å². The maximum absolute atomic E-state index is 6.06. The smallest absolute Gasteiger partial charge is 0.191 e. The van der Waals surface area contributed by atoms with Crippen molar-refractivity contribution in [3.8, 4) is 0 Å². The van der Waals surface area contributed by atoms with E-state index in [-0.39, 0.29) is 0 Å². The van der Waals surface area contributed by atoms with Gasteiger partial charge < -0.3 is 4.57 Å². The van der Waals surface area contributed by atoms with Gasteiger partial charge in [-0.05, 0) is 36.1 Å². The zero-order valence-corrected chi connectivity index (χ0v) is 15.6. The normalized spacial score (nSPS) is 11.1. The molecule has 0 aliphatic heterocycles. The van der Waals surface area contributed by atoms with Crippen LogP contribution in [0, 0.1) is 0 Å². The summed E-state index contributed by atoms with van der Waals surface area (Å²) in [6, 6.07) is 9.90. The number of thioether (sulfide) groups is 1. The highest BCUT2D eigenvalue weighted by atomic mass is 35.5. The second-order valence-corrected chi connectivity index (χ2v) is 7.73. The zero-order chi connectivity index (χ0) is 16.2. The number of aromatic nitrogens is 3. The topological polar surface area (TPSA) is 30.7 Å². The van der Waals surface area contributed by atoms with Gasteiger partial charge in [-0.2, -0.15) is 0 Å². The Labute approximate surface area is 153 Å². The lowest BCUT2D eigenvalue weighted by molar-refractivity contribution is 0.652. The van der Waals surface area contributed by atoms with E-state index in [9.17, 15) is 0 Å². The first-order chi connectivity index (χ1) is 11.2. The summed E-state index contributed by atoms with van der Waals surface area (Å²) in [6.07, 6.45) is 0.825. The molecule has 3 nitrogen and oxygen atoms in total. The summed E-state index contributed by atoms with van der Waals surface area (Å²) in [5, 5.41) is 12.9. The Morgan fingerprint density at radius 2 is 2.04 bits per heavy atom. The van der Waals surface area contributed by atoms with Crippen molar-refractivity contribution in [1.29, 1.82) is 0 Å². The van der Waals surface area contributed by atoms with Crippen LogP contribution in [0.3, 0.4) is 0 Å². The minimum absolute atomic E-state index is 0.579. The molecule has 0 saturated carbocycles. The molecule has 0 amide bonds. The minimum atomic E-state index is 0.579. The van der Waals surface area contributed by atoms with E-state index in [2.05, 4.69) is 39.2 Å². The molecule has 1 aromatic carbocycles. The molecular weight excluding hydrogens is 369 g/mol. The zero-order valence-electron chi connectivity index (χ0n) is 12.5. The van der Waals surface area contributed by atoms with Crippen molar-refractivity contribution < 1.29 is 0 Å². The first-order valence-corrected chi connectivity index (χ1v) is 9.80. The van der Waals surface area contributed by atoms with Gasteiger partial charge in [-0.15, -0.1) is 21.5 Å². The van der Waals surface area contributed by atoms with E-state index in [0.29, 0.717) is 10.0 Å².